The molecule has 0 radical (unpaired) electrons. The van der Waals surface area contributed by atoms with Gasteiger partial charge in [0, 0.05) is 36.6 Å². The smallest absolute Gasteiger partial charge is 0.293 e. The molecule has 0 aliphatic carbocycles. The van der Waals surface area contributed by atoms with Crippen LogP contribution in [-0.2, 0) is 9.59 Å². The lowest BCUT2D eigenvalue weighted by Crippen LogP contribution is -2.39. The quantitative estimate of drug-likeness (QED) is 0.579. The fourth-order valence-corrected chi connectivity index (χ4v) is 4.76. The lowest BCUT2D eigenvalue weighted by atomic mass is 9.87. The van der Waals surface area contributed by atoms with Crippen molar-refractivity contribution in [3.63, 3.8) is 0 Å². The highest BCUT2D eigenvalue weighted by Gasteiger charge is 2.36. The highest BCUT2D eigenvalue weighted by molar-refractivity contribution is 8.18. The van der Waals surface area contributed by atoms with Gasteiger partial charge in [-0.05, 0) is 41.6 Å². The summed E-state index contributed by atoms with van der Waals surface area (Å²) in [5.74, 6) is 0.165. The third kappa shape index (κ3) is 4.12. The van der Waals surface area contributed by atoms with Gasteiger partial charge in [0.2, 0.25) is 5.91 Å². The number of aromatic nitrogens is 1. The average molecular weight is 458 g/mol. The minimum atomic E-state index is -0.536. The number of pyridine rings is 1. The molecular weight excluding hydrogens is 438 g/mol. The molecule has 1 N–H and O–H groups in total. The maximum absolute atomic E-state index is 13.2. The topological polar surface area (TPSA) is 88.6 Å². The van der Waals surface area contributed by atoms with Crippen LogP contribution in [0.4, 0.5) is 4.79 Å². The summed E-state index contributed by atoms with van der Waals surface area (Å²) in [6.45, 7) is 0.242. The number of hydrogen-bond donors (Lipinski definition) is 1. The van der Waals surface area contributed by atoms with Crippen LogP contribution in [-0.4, -0.2) is 40.0 Å². The molecule has 0 atom stereocenters. The van der Waals surface area contributed by atoms with Crippen molar-refractivity contribution in [1.29, 1.82) is 0 Å². The number of nitrogens with zero attached hydrogens (tertiary/aromatic N) is 2. The van der Waals surface area contributed by atoms with Gasteiger partial charge in [-0.2, -0.15) is 0 Å². The normalized spacial score (nSPS) is 16.4. The minimum absolute atomic E-state index is 0.0906. The van der Waals surface area contributed by atoms with E-state index < -0.39 is 5.92 Å². The van der Waals surface area contributed by atoms with Gasteiger partial charge in [-0.1, -0.05) is 42.5 Å². The Balaban J connectivity index is 1.28. The monoisotopic (exact) mass is 457 g/mol. The highest BCUT2D eigenvalue weighted by atomic mass is 32.2. The number of carbonyl (C=O) groups excluding carboxylic acids is 3. The number of nitrogens with one attached hydrogen (secondary N) is 1. The highest BCUT2D eigenvalue weighted by Crippen LogP contribution is 2.43. The Bertz CT molecular complexity index is 1230. The van der Waals surface area contributed by atoms with Crippen LogP contribution in [0.1, 0.15) is 22.6 Å². The van der Waals surface area contributed by atoms with Crippen LogP contribution < -0.4 is 10.1 Å². The van der Waals surface area contributed by atoms with Crippen LogP contribution in [0, 0.1) is 0 Å². The van der Waals surface area contributed by atoms with E-state index in [4.69, 9.17) is 4.74 Å². The number of thioether (sulfide) groups is 1. The Labute approximate surface area is 194 Å². The van der Waals surface area contributed by atoms with Gasteiger partial charge in [0.05, 0.1) is 10.8 Å². The number of rotatable bonds is 5. The second-order valence-corrected chi connectivity index (χ2v) is 8.51. The summed E-state index contributed by atoms with van der Waals surface area (Å²) in [4.78, 5) is 43.8. The zero-order valence-electron chi connectivity index (χ0n) is 17.4. The van der Waals surface area contributed by atoms with Crippen molar-refractivity contribution in [2.75, 3.05) is 13.1 Å². The Morgan fingerprint density at radius 2 is 1.73 bits per heavy atom. The van der Waals surface area contributed by atoms with Crippen LogP contribution in [0.25, 0.3) is 6.08 Å². The number of hydrogen-bond acceptors (Lipinski definition) is 6. The molecule has 3 amide bonds. The first-order chi connectivity index (χ1) is 16.1. The zero-order chi connectivity index (χ0) is 22.8. The molecule has 0 saturated carbocycles. The number of benzene rings is 2. The van der Waals surface area contributed by atoms with Crippen molar-refractivity contribution >= 4 is 34.9 Å². The van der Waals surface area contributed by atoms with Crippen LogP contribution in [0.2, 0.25) is 0 Å². The fourth-order valence-electron chi connectivity index (χ4n) is 3.89. The van der Waals surface area contributed by atoms with Crippen molar-refractivity contribution < 1.29 is 19.1 Å². The van der Waals surface area contributed by atoms with Crippen LogP contribution in [0.3, 0.4) is 0 Å². The van der Waals surface area contributed by atoms with E-state index >= 15 is 0 Å². The van der Waals surface area contributed by atoms with Gasteiger partial charge < -0.3 is 10.1 Å². The third-order valence-corrected chi connectivity index (χ3v) is 6.34. The largest absolute Gasteiger partial charge is 0.457 e. The minimum Gasteiger partial charge on any atom is -0.457 e. The summed E-state index contributed by atoms with van der Waals surface area (Å²) in [7, 11) is 0. The molecule has 33 heavy (non-hydrogen) atoms. The van der Waals surface area contributed by atoms with Gasteiger partial charge in [0.15, 0.2) is 0 Å². The van der Waals surface area contributed by atoms with Gasteiger partial charge in [-0.15, -0.1) is 0 Å². The van der Waals surface area contributed by atoms with E-state index in [0.29, 0.717) is 16.4 Å². The summed E-state index contributed by atoms with van der Waals surface area (Å²) in [5.41, 5.74) is 2.30. The first-order valence-electron chi connectivity index (χ1n) is 10.4. The second-order valence-electron chi connectivity index (χ2n) is 7.52. The summed E-state index contributed by atoms with van der Waals surface area (Å²) in [5, 5.41) is 2.53. The van der Waals surface area contributed by atoms with E-state index in [1.165, 1.54) is 0 Å². The Morgan fingerprint density at radius 3 is 2.39 bits per heavy atom. The van der Waals surface area contributed by atoms with Crippen molar-refractivity contribution in [3.8, 4) is 11.5 Å². The van der Waals surface area contributed by atoms with Gasteiger partial charge in [-0.25, -0.2) is 0 Å². The lowest BCUT2D eigenvalue weighted by molar-refractivity contribution is -0.124. The van der Waals surface area contributed by atoms with Crippen LogP contribution in [0.5, 0.6) is 11.5 Å². The van der Waals surface area contributed by atoms with Crippen molar-refractivity contribution in [2.45, 2.75) is 5.92 Å². The first-order valence-corrected chi connectivity index (χ1v) is 11.2. The molecular formula is C25H19N3O4S. The molecule has 1 saturated heterocycles. The summed E-state index contributed by atoms with van der Waals surface area (Å²) in [6.07, 6.45) is 4.91. The number of imide groups is 1. The van der Waals surface area contributed by atoms with Gasteiger partial charge in [-0.3, -0.25) is 24.3 Å². The van der Waals surface area contributed by atoms with E-state index in [1.807, 2.05) is 54.6 Å². The Hall–Kier alpha value is -3.91. The Morgan fingerprint density at radius 1 is 1.03 bits per heavy atom. The van der Waals surface area contributed by atoms with E-state index in [2.05, 4.69) is 10.3 Å². The zero-order valence-corrected chi connectivity index (χ0v) is 18.2. The first kappa shape index (κ1) is 21.0. The SMILES string of the molecule is O=C(NCCN1C(=O)S/C(=C/c2cccnc2)C1=O)C1c2ccccc2Oc2ccccc21. The average Bonchev–Trinajstić information content (AvgIpc) is 3.10. The van der Waals surface area contributed by atoms with Gasteiger partial charge >= 0.3 is 0 Å². The van der Waals surface area contributed by atoms with E-state index in [1.54, 1.807) is 24.5 Å². The Kier molecular flexibility index (Phi) is 5.66. The molecule has 1 fully saturated rings. The predicted octanol–water partition coefficient (Wildman–Crippen LogP) is 4.17. The third-order valence-electron chi connectivity index (χ3n) is 5.43. The van der Waals surface area contributed by atoms with Crippen LogP contribution in [0.15, 0.2) is 78.0 Å². The molecule has 3 aromatic rings. The fraction of sp³-hybridized carbons (Fsp3) is 0.120. The van der Waals surface area contributed by atoms with Crippen molar-refractivity contribution in [3.05, 3.63) is 94.7 Å². The molecule has 1 aromatic heterocycles. The molecule has 3 heterocycles. The molecule has 8 heteroatoms. The van der Waals surface area contributed by atoms with Crippen molar-refractivity contribution in [2.24, 2.45) is 0 Å². The number of fused-ring (bicyclic) bond motifs is 2. The molecule has 2 aliphatic heterocycles. The maximum Gasteiger partial charge on any atom is 0.293 e. The molecule has 164 valence electrons. The second kappa shape index (κ2) is 8.91. The van der Waals surface area contributed by atoms with Gasteiger partial charge in [0.1, 0.15) is 11.5 Å². The lowest BCUT2D eigenvalue weighted by Gasteiger charge is -2.27. The summed E-state index contributed by atoms with van der Waals surface area (Å²) in [6, 6.07) is 18.4. The summed E-state index contributed by atoms with van der Waals surface area (Å²) < 4.78 is 5.94. The maximum atomic E-state index is 13.2. The molecule has 0 bridgehead atoms. The van der Waals surface area contributed by atoms with E-state index in [9.17, 15) is 14.4 Å². The predicted molar refractivity (Wildman–Crippen MR) is 125 cm³/mol. The van der Waals surface area contributed by atoms with E-state index in [0.717, 1.165) is 33.4 Å². The standard InChI is InChI=1S/C25H19N3O4S/c29-23(22-17-7-1-3-9-19(17)32-20-10-4-2-8-18(20)22)27-12-13-28-24(30)21(33-25(28)31)14-16-6-5-11-26-15-16/h1-11,14-15,22H,12-13H2,(H,27,29)/b21-14+. The molecule has 0 unspecified atom stereocenters. The number of ether oxygens (including phenoxy) is 1. The molecule has 2 aliphatic rings. The van der Waals surface area contributed by atoms with Gasteiger partial charge in [0.25, 0.3) is 11.1 Å². The van der Waals surface area contributed by atoms with Crippen molar-refractivity contribution in [1.82, 2.24) is 15.2 Å². The summed E-state index contributed by atoms with van der Waals surface area (Å²) >= 11 is 0.886. The number of para-hydroxylation sites is 2. The molecule has 7 nitrogen and oxygen atoms in total. The van der Waals surface area contributed by atoms with Crippen LogP contribution >= 0.6 is 11.8 Å². The number of amides is 3. The number of carbonyl (C=O) groups is 3. The molecule has 0 spiro atoms. The van der Waals surface area contributed by atoms with E-state index in [-0.39, 0.29) is 30.1 Å². The molecule has 2 aromatic carbocycles. The molecule has 5 rings (SSSR count).